The number of hydrogen-bond donors (Lipinski definition) is 1. The van der Waals surface area contributed by atoms with E-state index < -0.39 is 11.9 Å². The number of methoxy groups -OCH3 is 1. The summed E-state index contributed by atoms with van der Waals surface area (Å²) in [5.74, 6) is -0.581. The second-order valence-corrected chi connectivity index (χ2v) is 7.86. The summed E-state index contributed by atoms with van der Waals surface area (Å²) in [5, 5.41) is 9.69. The van der Waals surface area contributed by atoms with E-state index in [9.17, 15) is 14.7 Å². The van der Waals surface area contributed by atoms with Gasteiger partial charge in [0.15, 0.2) is 0 Å². The number of carbonyl (C=O) groups excluding carboxylic acids is 1. The zero-order valence-corrected chi connectivity index (χ0v) is 17.9. The van der Waals surface area contributed by atoms with E-state index in [-0.39, 0.29) is 5.56 Å². The van der Waals surface area contributed by atoms with Crippen molar-refractivity contribution >= 4 is 35.1 Å². The zero-order chi connectivity index (χ0) is 21.0. The molecule has 4 aliphatic carbocycles. The first-order valence-electron chi connectivity index (χ1n) is 9.71. The Balaban J connectivity index is 2.13. The molecule has 4 nitrogen and oxygen atoms in total. The molecule has 0 atom stereocenters. The van der Waals surface area contributed by atoms with Gasteiger partial charge >= 0.3 is 11.9 Å². The van der Waals surface area contributed by atoms with Gasteiger partial charge in [-0.05, 0) is 84.0 Å². The molecule has 29 heavy (non-hydrogen) atoms. The molecule has 0 saturated heterocycles. The van der Waals surface area contributed by atoms with Crippen molar-refractivity contribution in [2.24, 2.45) is 0 Å². The van der Waals surface area contributed by atoms with Crippen LogP contribution in [0.5, 0.6) is 0 Å². The Hall–Kier alpha value is -2.04. The summed E-state index contributed by atoms with van der Waals surface area (Å²) < 4.78 is 4.95. The molecule has 0 fully saturated rings. The van der Waals surface area contributed by atoms with Crippen LogP contribution in [0.4, 0.5) is 0 Å². The number of benzene rings is 2. The molecule has 0 spiro atoms. The van der Waals surface area contributed by atoms with Gasteiger partial charge in [0.25, 0.3) is 0 Å². The highest BCUT2D eigenvalue weighted by Crippen LogP contribution is 2.27. The molecule has 0 amide bonds. The molecule has 0 aliphatic heterocycles. The van der Waals surface area contributed by atoms with Gasteiger partial charge in [0.2, 0.25) is 0 Å². The summed E-state index contributed by atoms with van der Waals surface area (Å²) in [6.07, 6.45) is 4.28. The Morgan fingerprint density at radius 2 is 1.31 bits per heavy atom. The van der Waals surface area contributed by atoms with Crippen LogP contribution in [0.2, 0.25) is 0 Å². The van der Waals surface area contributed by atoms with Crippen molar-refractivity contribution in [1.82, 2.24) is 0 Å². The van der Waals surface area contributed by atoms with Gasteiger partial charge in [-0.1, -0.05) is 12.1 Å². The van der Waals surface area contributed by atoms with Gasteiger partial charge in [0.05, 0.1) is 18.2 Å². The van der Waals surface area contributed by atoms with E-state index in [1.54, 1.807) is 12.1 Å². The lowest BCUT2D eigenvalue weighted by Crippen LogP contribution is -2.13. The van der Waals surface area contributed by atoms with Crippen molar-refractivity contribution in [1.29, 1.82) is 0 Å². The SMILES string of the molecule is COC(=O)c1cc2c(C(=O)O)cc1CCc1cc(CCl)c(cc1CCl)CCCC2. The fourth-order valence-electron chi connectivity index (χ4n) is 4.01. The highest BCUT2D eigenvalue weighted by atomic mass is 35.5. The molecule has 6 rings (SSSR count). The molecule has 6 heteroatoms. The van der Waals surface area contributed by atoms with Crippen molar-refractivity contribution in [3.63, 3.8) is 0 Å². The summed E-state index contributed by atoms with van der Waals surface area (Å²) >= 11 is 12.4. The molecule has 2 aromatic rings. The average molecular weight is 435 g/mol. The van der Waals surface area contributed by atoms with Crippen LogP contribution >= 0.6 is 23.2 Å². The number of ether oxygens (including phenoxy) is 1. The second-order valence-electron chi connectivity index (χ2n) is 7.33. The van der Waals surface area contributed by atoms with E-state index in [4.69, 9.17) is 27.9 Å². The van der Waals surface area contributed by atoms with E-state index in [2.05, 4.69) is 12.1 Å². The Morgan fingerprint density at radius 1 is 0.828 bits per heavy atom. The predicted octanol–water partition coefficient (Wildman–Crippen LogP) is 5.31. The van der Waals surface area contributed by atoms with Crippen LogP contribution < -0.4 is 0 Å². The molecular formula is C23H24Cl2O4. The molecule has 0 heterocycles. The van der Waals surface area contributed by atoms with Gasteiger partial charge in [-0.15, -0.1) is 23.2 Å². The Bertz CT molecular complexity index is 937. The van der Waals surface area contributed by atoms with Crippen LogP contribution in [0.15, 0.2) is 24.3 Å². The van der Waals surface area contributed by atoms with Crippen LogP contribution in [0.3, 0.4) is 0 Å². The van der Waals surface area contributed by atoms with Crippen LogP contribution in [-0.4, -0.2) is 24.2 Å². The number of halogens is 2. The highest BCUT2D eigenvalue weighted by molar-refractivity contribution is 6.17. The maximum Gasteiger partial charge on any atom is 0.338 e. The number of carbonyl (C=O) groups is 2. The van der Waals surface area contributed by atoms with Crippen molar-refractivity contribution in [3.05, 3.63) is 68.8 Å². The largest absolute Gasteiger partial charge is 0.478 e. The minimum atomic E-state index is -0.973. The van der Waals surface area contributed by atoms with Crippen molar-refractivity contribution in [2.45, 2.75) is 50.3 Å². The molecule has 2 aromatic carbocycles. The molecule has 0 radical (unpaired) electrons. The molecule has 154 valence electrons. The first kappa shape index (κ1) is 21.7. The Kier molecular flexibility index (Phi) is 7.20. The lowest BCUT2D eigenvalue weighted by Gasteiger charge is -2.18. The lowest BCUT2D eigenvalue weighted by molar-refractivity contribution is 0.0597. The zero-order valence-electron chi connectivity index (χ0n) is 16.4. The molecular weight excluding hydrogens is 411 g/mol. The minimum absolute atomic E-state index is 0.262. The molecule has 0 unspecified atom stereocenters. The van der Waals surface area contributed by atoms with Crippen LogP contribution in [0.1, 0.15) is 66.9 Å². The quantitative estimate of drug-likeness (QED) is 0.522. The van der Waals surface area contributed by atoms with E-state index in [0.717, 1.165) is 36.0 Å². The third-order valence-electron chi connectivity index (χ3n) is 5.58. The normalized spacial score (nSPS) is 13.9. The summed E-state index contributed by atoms with van der Waals surface area (Å²) in [7, 11) is 1.34. The summed E-state index contributed by atoms with van der Waals surface area (Å²) in [4.78, 5) is 24.2. The van der Waals surface area contributed by atoms with Gasteiger partial charge in [-0.25, -0.2) is 9.59 Å². The first-order chi connectivity index (χ1) is 14.0. The third kappa shape index (κ3) is 4.76. The molecule has 4 aliphatic rings. The standard InChI is InChI=1S/C23H24Cl2O4/c1-29-23(28)21-11-16-5-3-2-4-14-8-19(13-25)15(9-18(14)12-24)6-7-17(21)10-20(16)22(26)27/h8-11H,2-7,12-13H2,1H3,(H,26,27). The summed E-state index contributed by atoms with van der Waals surface area (Å²) in [5.41, 5.74) is 6.50. The molecule has 0 aromatic heterocycles. The van der Waals surface area contributed by atoms with E-state index in [1.165, 1.54) is 12.7 Å². The van der Waals surface area contributed by atoms with Gasteiger partial charge in [-0.3, -0.25) is 0 Å². The third-order valence-corrected chi connectivity index (χ3v) is 6.16. The molecule has 0 saturated carbocycles. The fraction of sp³-hybridized carbons (Fsp3) is 0.391. The fourth-order valence-corrected chi connectivity index (χ4v) is 4.51. The average Bonchev–Trinajstić information content (AvgIpc) is 2.74. The monoisotopic (exact) mass is 434 g/mol. The Morgan fingerprint density at radius 3 is 1.86 bits per heavy atom. The van der Waals surface area contributed by atoms with Gasteiger partial charge in [0, 0.05) is 11.8 Å². The maximum atomic E-state index is 12.4. The smallest absolute Gasteiger partial charge is 0.338 e. The molecule has 4 bridgehead atoms. The van der Waals surface area contributed by atoms with E-state index >= 15 is 0 Å². The number of rotatable bonds is 4. The van der Waals surface area contributed by atoms with Crippen molar-refractivity contribution in [2.75, 3.05) is 7.11 Å². The topological polar surface area (TPSA) is 63.6 Å². The van der Waals surface area contributed by atoms with E-state index in [0.29, 0.717) is 47.7 Å². The van der Waals surface area contributed by atoms with Gasteiger partial charge < -0.3 is 9.84 Å². The second kappa shape index (κ2) is 9.64. The number of carboxylic acid groups (broad SMARTS) is 1. The number of alkyl halides is 2. The number of carboxylic acids is 1. The highest BCUT2D eigenvalue weighted by Gasteiger charge is 2.20. The van der Waals surface area contributed by atoms with Crippen LogP contribution in [0.25, 0.3) is 0 Å². The minimum Gasteiger partial charge on any atom is -0.478 e. The summed E-state index contributed by atoms with van der Waals surface area (Å²) in [6.45, 7) is 0. The van der Waals surface area contributed by atoms with Crippen LogP contribution in [0, 0.1) is 0 Å². The van der Waals surface area contributed by atoms with Gasteiger partial charge in [-0.2, -0.15) is 0 Å². The number of hydrogen-bond acceptors (Lipinski definition) is 3. The van der Waals surface area contributed by atoms with Crippen LogP contribution in [-0.2, 0) is 42.2 Å². The number of aromatic carboxylic acids is 1. The van der Waals surface area contributed by atoms with E-state index in [1.807, 2.05) is 0 Å². The maximum absolute atomic E-state index is 12.4. The Labute approximate surface area is 180 Å². The summed E-state index contributed by atoms with van der Waals surface area (Å²) in [6, 6.07) is 7.59. The molecule has 1 N–H and O–H groups in total. The van der Waals surface area contributed by atoms with Crippen molar-refractivity contribution < 1.29 is 19.4 Å². The number of aryl methyl sites for hydroxylation is 4. The van der Waals surface area contributed by atoms with Crippen molar-refractivity contribution in [3.8, 4) is 0 Å². The number of esters is 1. The van der Waals surface area contributed by atoms with Gasteiger partial charge in [0.1, 0.15) is 0 Å². The predicted molar refractivity (Wildman–Crippen MR) is 114 cm³/mol. The lowest BCUT2D eigenvalue weighted by atomic mass is 9.88. The first-order valence-corrected chi connectivity index (χ1v) is 10.8.